The molecular weight excluding hydrogens is 682 g/mol. The van der Waals surface area contributed by atoms with E-state index in [1.165, 1.54) is 12.1 Å². The number of aromatic hydroxyl groups is 1. The quantitative estimate of drug-likeness (QED) is 0.0585. The highest BCUT2D eigenvalue weighted by Crippen LogP contribution is 2.17. The second-order valence-corrected chi connectivity index (χ2v) is 12.7. The molecule has 0 saturated carbocycles. The molecule has 14 N–H and O–H groups in total. The molecule has 282 valence electrons. The Morgan fingerprint density at radius 2 is 1.09 bits per heavy atom. The van der Waals surface area contributed by atoms with Gasteiger partial charge in [0.25, 0.3) is 0 Å². The molecule has 17 nitrogen and oxygen atoms in total. The van der Waals surface area contributed by atoms with E-state index >= 15 is 0 Å². The minimum atomic E-state index is -1.19. The Hall–Kier alpha value is -6.39. The number of nitrogens with zero attached hydrogens (tertiary/aromatic N) is 2. The number of rotatable bonds is 12. The van der Waals surface area contributed by atoms with Crippen molar-refractivity contribution < 1.29 is 29.1 Å². The number of aliphatic imine (C=N–C) groups is 2. The molecule has 5 amide bonds. The first-order valence-corrected chi connectivity index (χ1v) is 17.2. The molecule has 0 spiro atoms. The Bertz CT molecular complexity index is 1820. The van der Waals surface area contributed by atoms with Gasteiger partial charge in [-0.15, -0.1) is 0 Å². The van der Waals surface area contributed by atoms with Crippen LogP contribution in [0.4, 0.5) is 0 Å². The summed E-state index contributed by atoms with van der Waals surface area (Å²) in [7, 11) is 0. The molecule has 0 aliphatic carbocycles. The van der Waals surface area contributed by atoms with Gasteiger partial charge in [-0.05, 0) is 59.7 Å². The van der Waals surface area contributed by atoms with Gasteiger partial charge < -0.3 is 54.6 Å². The van der Waals surface area contributed by atoms with Crippen molar-refractivity contribution in [2.24, 2.45) is 32.9 Å². The lowest BCUT2D eigenvalue weighted by atomic mass is 10.0. The molecule has 1 aliphatic heterocycles. The third-order valence-corrected chi connectivity index (χ3v) is 8.49. The number of hydrogen-bond donors (Lipinski definition) is 10. The molecule has 3 aromatic rings. The number of amides is 5. The summed E-state index contributed by atoms with van der Waals surface area (Å²) in [4.78, 5) is 76.4. The van der Waals surface area contributed by atoms with Gasteiger partial charge in [-0.3, -0.25) is 34.0 Å². The van der Waals surface area contributed by atoms with Crippen LogP contribution in [0.3, 0.4) is 0 Å². The summed E-state index contributed by atoms with van der Waals surface area (Å²) >= 11 is 0. The fourth-order valence-electron chi connectivity index (χ4n) is 5.79. The first-order valence-electron chi connectivity index (χ1n) is 17.2. The van der Waals surface area contributed by atoms with Crippen molar-refractivity contribution in [1.29, 1.82) is 0 Å². The normalized spacial score (nSPS) is 20.0. The molecule has 1 fully saturated rings. The molecule has 0 bridgehead atoms. The molecule has 17 heteroatoms. The lowest BCUT2D eigenvalue weighted by Crippen LogP contribution is -2.58. The monoisotopic (exact) mass is 729 g/mol. The largest absolute Gasteiger partial charge is 0.508 e. The second kappa shape index (κ2) is 19.3. The molecule has 0 aromatic heterocycles. The zero-order valence-corrected chi connectivity index (χ0v) is 29.2. The van der Waals surface area contributed by atoms with Crippen molar-refractivity contribution in [3.05, 3.63) is 77.9 Å². The van der Waals surface area contributed by atoms with Crippen molar-refractivity contribution in [3.8, 4) is 5.75 Å². The van der Waals surface area contributed by atoms with Gasteiger partial charge >= 0.3 is 0 Å². The van der Waals surface area contributed by atoms with Gasteiger partial charge in [0.2, 0.25) is 29.5 Å². The standard InChI is InChI=1S/C36H47N11O6/c37-35(38)41-15-3-7-26-32(51)45-27(8-4-16-42-36(39)40)33(52)47-28(18-21-10-13-25(48)14-11-21)31(50)43-20-30(49)44-29(34(53)46-26)19-22-9-12-23-5-1-2-6-24(23)17-22/h1-2,5-6,9-14,17,26-29,48H,3-4,7-8,15-16,18-20H2,(H,43,50)(H,44,49)(H,45,51)(H,46,53)(H,47,52)(H4,37,38,41)(H4,39,40,42)/t26-,27+,28-,29+/m0/s1. The van der Waals surface area contributed by atoms with Crippen molar-refractivity contribution in [3.63, 3.8) is 0 Å². The number of phenolic OH excluding ortho intramolecular Hbond substituents is 1. The Kier molecular flexibility index (Phi) is 14.3. The zero-order valence-electron chi connectivity index (χ0n) is 29.2. The second-order valence-electron chi connectivity index (χ2n) is 12.7. The van der Waals surface area contributed by atoms with E-state index in [1.54, 1.807) is 12.1 Å². The van der Waals surface area contributed by atoms with Crippen LogP contribution in [0.15, 0.2) is 76.7 Å². The van der Waals surface area contributed by atoms with E-state index in [0.29, 0.717) is 5.56 Å². The fraction of sp³-hybridized carbons (Fsp3) is 0.361. The number of guanidine groups is 2. The van der Waals surface area contributed by atoms with E-state index in [0.717, 1.165) is 16.3 Å². The van der Waals surface area contributed by atoms with Crippen LogP contribution in [-0.2, 0) is 36.8 Å². The van der Waals surface area contributed by atoms with E-state index in [2.05, 4.69) is 36.6 Å². The molecule has 1 saturated heterocycles. The average Bonchev–Trinajstić information content (AvgIpc) is 3.12. The maximum absolute atomic E-state index is 13.9. The summed E-state index contributed by atoms with van der Waals surface area (Å²) < 4.78 is 0. The lowest BCUT2D eigenvalue weighted by Gasteiger charge is -2.26. The molecule has 1 aliphatic rings. The average molecular weight is 730 g/mol. The van der Waals surface area contributed by atoms with Crippen LogP contribution in [-0.4, -0.2) is 90.4 Å². The molecule has 53 heavy (non-hydrogen) atoms. The summed E-state index contributed by atoms with van der Waals surface area (Å²) in [5.41, 5.74) is 23.2. The van der Waals surface area contributed by atoms with E-state index < -0.39 is 60.2 Å². The number of benzene rings is 3. The first kappa shape index (κ1) is 39.4. The maximum Gasteiger partial charge on any atom is 0.243 e. The minimum Gasteiger partial charge on any atom is -0.508 e. The SMILES string of the molecule is NC(N)=NCCC[C@@H]1NC(=O)[C@@H](Cc2ccc3ccccc3c2)NC(=O)CNC(=O)[C@H](Cc2ccc(O)cc2)NC(=O)[C@@H](CCCN=C(N)N)NC1=O. The van der Waals surface area contributed by atoms with E-state index in [1.807, 2.05) is 42.5 Å². The predicted octanol–water partition coefficient (Wildman–Crippen LogP) is -1.49. The first-order chi connectivity index (χ1) is 25.4. The topological polar surface area (TPSA) is 295 Å². The van der Waals surface area contributed by atoms with Crippen LogP contribution in [0, 0.1) is 0 Å². The van der Waals surface area contributed by atoms with Crippen LogP contribution in [0.1, 0.15) is 36.8 Å². The van der Waals surface area contributed by atoms with Crippen LogP contribution in [0.5, 0.6) is 5.75 Å². The molecule has 4 rings (SSSR count). The number of carbonyl (C=O) groups excluding carboxylic acids is 5. The van der Waals surface area contributed by atoms with Gasteiger partial charge in [-0.1, -0.05) is 54.6 Å². The number of nitrogens with one attached hydrogen (secondary N) is 5. The third-order valence-electron chi connectivity index (χ3n) is 8.49. The van der Waals surface area contributed by atoms with Gasteiger partial charge in [-0.25, -0.2) is 0 Å². The van der Waals surface area contributed by atoms with Crippen molar-refractivity contribution >= 4 is 52.2 Å². The van der Waals surface area contributed by atoms with E-state index in [-0.39, 0.29) is 69.3 Å². The van der Waals surface area contributed by atoms with Crippen molar-refractivity contribution in [1.82, 2.24) is 26.6 Å². The molecule has 1 heterocycles. The maximum atomic E-state index is 13.9. The summed E-state index contributed by atoms with van der Waals surface area (Å²) in [5, 5.41) is 25.1. The summed E-state index contributed by atoms with van der Waals surface area (Å²) in [5.74, 6) is -3.66. The van der Waals surface area contributed by atoms with Crippen LogP contribution in [0.2, 0.25) is 0 Å². The molecule has 0 radical (unpaired) electrons. The minimum absolute atomic E-state index is 0.00775. The lowest BCUT2D eigenvalue weighted by molar-refractivity contribution is -0.134. The molecular formula is C36H47N11O6. The predicted molar refractivity (Wildman–Crippen MR) is 200 cm³/mol. The Balaban J connectivity index is 1.68. The molecule has 3 aromatic carbocycles. The number of carbonyl (C=O) groups is 5. The van der Waals surface area contributed by atoms with Gasteiger partial charge in [-0.2, -0.15) is 0 Å². The van der Waals surface area contributed by atoms with Gasteiger partial charge in [0, 0.05) is 25.9 Å². The van der Waals surface area contributed by atoms with Crippen LogP contribution < -0.4 is 49.5 Å². The van der Waals surface area contributed by atoms with E-state index in [4.69, 9.17) is 22.9 Å². The highest BCUT2D eigenvalue weighted by Gasteiger charge is 2.32. The number of fused-ring (bicyclic) bond motifs is 1. The Morgan fingerprint density at radius 1 is 0.604 bits per heavy atom. The van der Waals surface area contributed by atoms with Crippen LogP contribution in [0.25, 0.3) is 10.8 Å². The summed E-state index contributed by atoms with van der Waals surface area (Å²) in [6, 6.07) is 14.7. The summed E-state index contributed by atoms with van der Waals surface area (Å²) in [6.07, 6.45) is 0.769. The number of nitrogens with two attached hydrogens (primary N) is 4. The van der Waals surface area contributed by atoms with E-state index in [9.17, 15) is 29.1 Å². The van der Waals surface area contributed by atoms with Gasteiger partial charge in [0.15, 0.2) is 11.9 Å². The summed E-state index contributed by atoms with van der Waals surface area (Å²) in [6.45, 7) is -0.194. The Morgan fingerprint density at radius 3 is 1.68 bits per heavy atom. The van der Waals surface area contributed by atoms with Crippen molar-refractivity contribution in [2.75, 3.05) is 19.6 Å². The van der Waals surface area contributed by atoms with Crippen molar-refractivity contribution in [2.45, 2.75) is 62.7 Å². The third kappa shape index (κ3) is 12.7. The molecule has 4 atom stereocenters. The van der Waals surface area contributed by atoms with Crippen LogP contribution >= 0.6 is 0 Å². The zero-order chi connectivity index (χ0) is 38.3. The fourth-order valence-corrected chi connectivity index (χ4v) is 5.79. The van der Waals surface area contributed by atoms with Gasteiger partial charge in [0.1, 0.15) is 29.9 Å². The van der Waals surface area contributed by atoms with Gasteiger partial charge in [0.05, 0.1) is 6.54 Å². The molecule has 0 unspecified atom stereocenters. The Labute approximate surface area is 306 Å². The smallest absolute Gasteiger partial charge is 0.243 e. The highest BCUT2D eigenvalue weighted by atomic mass is 16.3. The number of hydrogen-bond acceptors (Lipinski definition) is 8. The highest BCUT2D eigenvalue weighted by molar-refractivity contribution is 5.97. The number of phenols is 1.